The van der Waals surface area contributed by atoms with Gasteiger partial charge in [-0.15, -0.1) is 0 Å². The second kappa shape index (κ2) is 7.09. The van der Waals surface area contributed by atoms with Crippen molar-refractivity contribution in [1.82, 2.24) is 4.90 Å². The maximum atomic E-state index is 10.8. The fourth-order valence-electron chi connectivity index (χ4n) is 2.28. The van der Waals surface area contributed by atoms with Crippen molar-refractivity contribution in [1.29, 1.82) is 0 Å². The number of nitro benzene ring substituents is 1. The number of hydrogen-bond acceptors (Lipinski definition) is 5. The van der Waals surface area contributed by atoms with Crippen LogP contribution in [0.3, 0.4) is 0 Å². The minimum absolute atomic E-state index is 0.0112. The zero-order chi connectivity index (χ0) is 15.3. The van der Waals surface area contributed by atoms with Gasteiger partial charge in [-0.3, -0.25) is 15.0 Å². The average molecular weight is 280 g/mol. The Morgan fingerprint density at radius 2 is 1.85 bits per heavy atom. The molecule has 0 aliphatic heterocycles. The van der Waals surface area contributed by atoms with Gasteiger partial charge in [0.25, 0.3) is 5.69 Å². The first-order valence-corrected chi connectivity index (χ1v) is 6.86. The lowest BCUT2D eigenvalue weighted by molar-refractivity contribution is -0.384. The summed E-state index contributed by atoms with van der Waals surface area (Å²) >= 11 is 0. The van der Waals surface area contributed by atoms with Gasteiger partial charge in [0.2, 0.25) is 0 Å². The van der Waals surface area contributed by atoms with E-state index < -0.39 is 4.92 Å². The average Bonchev–Trinajstić information content (AvgIpc) is 2.32. The van der Waals surface area contributed by atoms with Gasteiger partial charge < -0.3 is 11.1 Å². The fraction of sp³-hybridized carbons (Fsp3) is 0.571. The lowest BCUT2D eigenvalue weighted by Gasteiger charge is -2.30. The SMILES string of the molecule is CC(C)N(CCNc1cc(N)cc([N+](=O)[O-])c1)C(C)C. The molecule has 0 aliphatic carbocycles. The van der Waals surface area contributed by atoms with Gasteiger partial charge in [0.1, 0.15) is 0 Å². The molecule has 1 aromatic carbocycles. The molecule has 0 saturated carbocycles. The number of benzene rings is 1. The van der Waals surface area contributed by atoms with Crippen LogP contribution in [-0.4, -0.2) is 35.0 Å². The quantitative estimate of drug-likeness (QED) is 0.456. The highest BCUT2D eigenvalue weighted by atomic mass is 16.6. The first-order valence-electron chi connectivity index (χ1n) is 6.86. The summed E-state index contributed by atoms with van der Waals surface area (Å²) in [6.07, 6.45) is 0. The molecule has 0 bridgehead atoms. The van der Waals surface area contributed by atoms with E-state index >= 15 is 0 Å². The first-order chi connectivity index (χ1) is 9.31. The molecule has 0 aromatic heterocycles. The summed E-state index contributed by atoms with van der Waals surface area (Å²) in [5.41, 5.74) is 6.76. The van der Waals surface area contributed by atoms with E-state index in [1.54, 1.807) is 6.07 Å². The number of rotatable bonds is 7. The van der Waals surface area contributed by atoms with Crippen LogP contribution in [0.2, 0.25) is 0 Å². The van der Waals surface area contributed by atoms with Gasteiger partial charge in [0.05, 0.1) is 4.92 Å². The molecule has 3 N–H and O–H groups in total. The third-order valence-electron chi connectivity index (χ3n) is 3.18. The number of non-ortho nitro benzene ring substituents is 1. The fourth-order valence-corrected chi connectivity index (χ4v) is 2.28. The number of anilines is 2. The summed E-state index contributed by atoms with van der Waals surface area (Å²) in [4.78, 5) is 12.7. The Balaban J connectivity index is 2.64. The molecule has 0 amide bonds. The summed E-state index contributed by atoms with van der Waals surface area (Å²) in [6, 6.07) is 5.51. The monoisotopic (exact) mass is 280 g/mol. The molecule has 1 rings (SSSR count). The summed E-state index contributed by atoms with van der Waals surface area (Å²) in [5.74, 6) is 0. The van der Waals surface area contributed by atoms with Crippen LogP contribution in [0.15, 0.2) is 18.2 Å². The molecule has 0 fully saturated rings. The number of nitro groups is 1. The summed E-state index contributed by atoms with van der Waals surface area (Å²) in [6.45, 7) is 10.2. The second-order valence-corrected chi connectivity index (χ2v) is 5.42. The molecule has 0 unspecified atom stereocenters. The molecule has 1 aromatic rings. The summed E-state index contributed by atoms with van der Waals surface area (Å²) < 4.78 is 0. The van der Waals surface area contributed by atoms with Gasteiger partial charge in [0, 0.05) is 48.7 Å². The van der Waals surface area contributed by atoms with E-state index in [4.69, 9.17) is 5.73 Å². The largest absolute Gasteiger partial charge is 0.398 e. The molecule has 0 radical (unpaired) electrons. The third kappa shape index (κ3) is 4.70. The lowest BCUT2D eigenvalue weighted by atomic mass is 10.2. The number of nitrogen functional groups attached to an aromatic ring is 1. The predicted molar refractivity (Wildman–Crippen MR) is 83.0 cm³/mol. The number of nitrogens with one attached hydrogen (secondary N) is 1. The van der Waals surface area contributed by atoms with Gasteiger partial charge >= 0.3 is 0 Å². The molecule has 0 aliphatic rings. The molecule has 6 nitrogen and oxygen atoms in total. The van der Waals surface area contributed by atoms with Crippen LogP contribution in [0.5, 0.6) is 0 Å². The Labute approximate surface area is 120 Å². The van der Waals surface area contributed by atoms with Crippen molar-refractivity contribution in [3.63, 3.8) is 0 Å². The van der Waals surface area contributed by atoms with E-state index in [0.717, 1.165) is 13.1 Å². The van der Waals surface area contributed by atoms with Gasteiger partial charge in [-0.1, -0.05) is 0 Å². The van der Waals surface area contributed by atoms with E-state index in [0.29, 0.717) is 23.5 Å². The standard InChI is InChI=1S/C14H24N4O2/c1-10(2)17(11(3)4)6-5-16-13-7-12(15)8-14(9-13)18(19)20/h7-11,16H,5-6,15H2,1-4H3. The van der Waals surface area contributed by atoms with Crippen molar-refractivity contribution in [3.8, 4) is 0 Å². The minimum Gasteiger partial charge on any atom is -0.398 e. The Bertz CT molecular complexity index is 452. The molecule has 0 heterocycles. The smallest absolute Gasteiger partial charge is 0.273 e. The van der Waals surface area contributed by atoms with E-state index in [2.05, 4.69) is 37.9 Å². The Morgan fingerprint density at radius 3 is 2.35 bits per heavy atom. The highest BCUT2D eigenvalue weighted by Crippen LogP contribution is 2.22. The molecule has 6 heteroatoms. The number of nitrogens with zero attached hydrogens (tertiary/aromatic N) is 2. The van der Waals surface area contributed by atoms with Gasteiger partial charge in [-0.05, 0) is 33.8 Å². The van der Waals surface area contributed by atoms with Crippen LogP contribution in [0, 0.1) is 10.1 Å². The van der Waals surface area contributed by atoms with Gasteiger partial charge in [0.15, 0.2) is 0 Å². The normalized spacial score (nSPS) is 11.3. The lowest BCUT2D eigenvalue weighted by Crippen LogP contribution is -2.40. The molecule has 0 saturated heterocycles. The second-order valence-electron chi connectivity index (χ2n) is 5.42. The number of hydrogen-bond donors (Lipinski definition) is 2. The van der Waals surface area contributed by atoms with Crippen LogP contribution < -0.4 is 11.1 Å². The first kappa shape index (κ1) is 16.2. The van der Waals surface area contributed by atoms with Crippen molar-refractivity contribution in [2.45, 2.75) is 39.8 Å². The van der Waals surface area contributed by atoms with Crippen molar-refractivity contribution in [2.75, 3.05) is 24.1 Å². The highest BCUT2D eigenvalue weighted by molar-refractivity contribution is 5.61. The van der Waals surface area contributed by atoms with E-state index in [1.807, 2.05) is 0 Å². The molecule has 0 spiro atoms. The topological polar surface area (TPSA) is 84.4 Å². The zero-order valence-corrected chi connectivity index (χ0v) is 12.6. The minimum atomic E-state index is -0.434. The van der Waals surface area contributed by atoms with E-state index in [-0.39, 0.29) is 5.69 Å². The highest BCUT2D eigenvalue weighted by Gasteiger charge is 2.13. The molecule has 0 atom stereocenters. The van der Waals surface area contributed by atoms with Crippen molar-refractivity contribution in [2.24, 2.45) is 0 Å². The van der Waals surface area contributed by atoms with E-state index in [9.17, 15) is 10.1 Å². The van der Waals surface area contributed by atoms with Crippen LogP contribution in [-0.2, 0) is 0 Å². The number of nitrogens with two attached hydrogens (primary N) is 1. The van der Waals surface area contributed by atoms with Gasteiger partial charge in [-0.2, -0.15) is 0 Å². The van der Waals surface area contributed by atoms with Crippen molar-refractivity contribution >= 4 is 17.1 Å². The molecular formula is C14H24N4O2. The van der Waals surface area contributed by atoms with Crippen LogP contribution in [0.25, 0.3) is 0 Å². The zero-order valence-electron chi connectivity index (χ0n) is 12.6. The Kier molecular flexibility index (Phi) is 5.76. The van der Waals surface area contributed by atoms with Crippen molar-refractivity contribution < 1.29 is 4.92 Å². The van der Waals surface area contributed by atoms with Crippen LogP contribution in [0.4, 0.5) is 17.1 Å². The van der Waals surface area contributed by atoms with Crippen molar-refractivity contribution in [3.05, 3.63) is 28.3 Å². The molecule has 112 valence electrons. The van der Waals surface area contributed by atoms with Gasteiger partial charge in [-0.25, -0.2) is 0 Å². The predicted octanol–water partition coefficient (Wildman–Crippen LogP) is 2.71. The van der Waals surface area contributed by atoms with Crippen LogP contribution >= 0.6 is 0 Å². The Morgan fingerprint density at radius 1 is 1.25 bits per heavy atom. The molecule has 20 heavy (non-hydrogen) atoms. The molecular weight excluding hydrogens is 256 g/mol. The maximum absolute atomic E-state index is 10.8. The summed E-state index contributed by atoms with van der Waals surface area (Å²) in [7, 11) is 0. The maximum Gasteiger partial charge on any atom is 0.273 e. The summed E-state index contributed by atoms with van der Waals surface area (Å²) in [5, 5.41) is 14.0. The third-order valence-corrected chi connectivity index (χ3v) is 3.18. The van der Waals surface area contributed by atoms with E-state index in [1.165, 1.54) is 12.1 Å². The van der Waals surface area contributed by atoms with Crippen LogP contribution in [0.1, 0.15) is 27.7 Å². The Hall–Kier alpha value is -1.82.